The summed E-state index contributed by atoms with van der Waals surface area (Å²) in [5.74, 6) is 0.554. The number of aryl methyl sites for hydroxylation is 1. The van der Waals surface area contributed by atoms with Crippen LogP contribution < -0.4 is 14.2 Å². The number of fused-ring (bicyclic) bond motifs is 1. The van der Waals surface area contributed by atoms with Crippen molar-refractivity contribution in [1.29, 1.82) is 0 Å². The van der Waals surface area contributed by atoms with Crippen LogP contribution in [0.1, 0.15) is 24.0 Å². The van der Waals surface area contributed by atoms with E-state index in [2.05, 4.69) is 9.71 Å². The smallest absolute Gasteiger partial charge is 0.265 e. The molecule has 1 aromatic heterocycles. The normalized spacial score (nSPS) is 13.9. The third-order valence-electron chi connectivity index (χ3n) is 4.17. The summed E-state index contributed by atoms with van der Waals surface area (Å²) in [6, 6.07) is 4.77. The number of nitrogens with zero attached hydrogens (tertiary/aromatic N) is 1. The lowest BCUT2D eigenvalue weighted by molar-refractivity contribution is 0.347. The number of sulfonamides is 1. The monoisotopic (exact) mass is 348 g/mol. The molecule has 0 spiro atoms. The molecule has 1 aliphatic rings. The number of nitrogens with one attached hydrogen (secondary N) is 1. The Morgan fingerprint density at radius 2 is 1.88 bits per heavy atom. The minimum Gasteiger partial charge on any atom is -0.493 e. The molecule has 0 fully saturated rings. The van der Waals surface area contributed by atoms with Crippen LogP contribution in [0.4, 0.5) is 5.69 Å². The van der Waals surface area contributed by atoms with E-state index < -0.39 is 10.0 Å². The summed E-state index contributed by atoms with van der Waals surface area (Å²) in [6.07, 6.45) is 7.32. The molecule has 1 aliphatic carbocycles. The van der Waals surface area contributed by atoms with Gasteiger partial charge in [-0.25, -0.2) is 8.42 Å². The first-order chi connectivity index (χ1) is 11.6. The molecule has 0 aliphatic heterocycles. The second kappa shape index (κ2) is 6.68. The fraction of sp³-hybridized carbons (Fsp3) is 0.353. The number of aromatic nitrogens is 1. The van der Waals surface area contributed by atoms with Gasteiger partial charge in [0.2, 0.25) is 0 Å². The molecule has 0 bridgehead atoms. The maximum Gasteiger partial charge on any atom is 0.265 e. The van der Waals surface area contributed by atoms with Crippen molar-refractivity contribution in [2.45, 2.75) is 30.6 Å². The lowest BCUT2D eigenvalue weighted by atomic mass is 9.92. The molecular weight excluding hydrogens is 328 g/mol. The van der Waals surface area contributed by atoms with Gasteiger partial charge in [0.15, 0.2) is 11.5 Å². The molecule has 6 nitrogen and oxygen atoms in total. The van der Waals surface area contributed by atoms with Gasteiger partial charge in [-0.3, -0.25) is 9.71 Å². The van der Waals surface area contributed by atoms with Crippen molar-refractivity contribution < 1.29 is 17.9 Å². The van der Waals surface area contributed by atoms with Gasteiger partial charge in [0.05, 0.1) is 26.1 Å². The zero-order chi connectivity index (χ0) is 17.2. The van der Waals surface area contributed by atoms with Crippen LogP contribution in [0.5, 0.6) is 11.5 Å². The molecule has 0 saturated carbocycles. The van der Waals surface area contributed by atoms with Gasteiger partial charge in [-0.05, 0) is 48.9 Å². The maximum absolute atomic E-state index is 12.9. The number of hydrogen-bond acceptors (Lipinski definition) is 5. The fourth-order valence-corrected chi connectivity index (χ4v) is 4.28. The molecule has 1 aromatic carbocycles. The number of hydrogen-bond donors (Lipinski definition) is 1. The highest BCUT2D eigenvalue weighted by atomic mass is 32.2. The van der Waals surface area contributed by atoms with E-state index in [-0.39, 0.29) is 10.6 Å². The van der Waals surface area contributed by atoms with Crippen molar-refractivity contribution in [3.05, 3.63) is 41.7 Å². The number of rotatable bonds is 5. The van der Waals surface area contributed by atoms with Crippen LogP contribution >= 0.6 is 0 Å². The highest BCUT2D eigenvalue weighted by Gasteiger charge is 2.24. The molecule has 3 rings (SSSR count). The molecule has 2 aromatic rings. The quantitative estimate of drug-likeness (QED) is 0.899. The van der Waals surface area contributed by atoms with Gasteiger partial charge in [0.1, 0.15) is 4.90 Å². The van der Waals surface area contributed by atoms with Gasteiger partial charge in [-0.1, -0.05) is 6.07 Å². The van der Waals surface area contributed by atoms with Crippen molar-refractivity contribution in [1.82, 2.24) is 4.98 Å². The molecule has 0 saturated heterocycles. The summed E-state index contributed by atoms with van der Waals surface area (Å²) in [6.45, 7) is 0. The van der Waals surface area contributed by atoms with Gasteiger partial charge in [0, 0.05) is 6.20 Å². The van der Waals surface area contributed by atoms with Crippen molar-refractivity contribution in [2.24, 2.45) is 0 Å². The van der Waals surface area contributed by atoms with Gasteiger partial charge in [0.25, 0.3) is 10.0 Å². The van der Waals surface area contributed by atoms with E-state index in [1.165, 1.54) is 20.3 Å². The molecule has 1 heterocycles. The van der Waals surface area contributed by atoms with Crippen LogP contribution in [-0.4, -0.2) is 27.6 Å². The molecular formula is C17H20N2O4S. The Kier molecular flexibility index (Phi) is 4.62. The topological polar surface area (TPSA) is 77.5 Å². The predicted octanol–water partition coefficient (Wildman–Crippen LogP) is 2.78. The Hall–Kier alpha value is -2.28. The number of pyridine rings is 1. The van der Waals surface area contributed by atoms with Gasteiger partial charge < -0.3 is 9.47 Å². The predicted molar refractivity (Wildman–Crippen MR) is 91.2 cm³/mol. The summed E-state index contributed by atoms with van der Waals surface area (Å²) >= 11 is 0. The molecule has 0 radical (unpaired) electrons. The Balaban J connectivity index is 2.02. The standard InChI is InChI=1S/C17H20N2O4S/c1-22-15-8-5-9-16(17(15)23-2)24(20,21)19-14-11-18-10-12-6-3-4-7-13(12)14/h5,8-11,19H,3-4,6-7H2,1-2H3. The van der Waals surface area contributed by atoms with Crippen molar-refractivity contribution in [2.75, 3.05) is 18.9 Å². The Morgan fingerprint density at radius 1 is 1.08 bits per heavy atom. The maximum atomic E-state index is 12.9. The third kappa shape index (κ3) is 3.03. The number of benzene rings is 1. The lowest BCUT2D eigenvalue weighted by Crippen LogP contribution is -2.17. The Morgan fingerprint density at radius 3 is 2.62 bits per heavy atom. The van der Waals surface area contributed by atoms with Crippen molar-refractivity contribution in [3.63, 3.8) is 0 Å². The molecule has 128 valence electrons. The first kappa shape index (κ1) is 16.6. The van der Waals surface area contributed by atoms with E-state index in [1.807, 2.05) is 6.20 Å². The van der Waals surface area contributed by atoms with E-state index in [0.717, 1.165) is 36.8 Å². The number of ether oxygens (including phenoxy) is 2. The molecule has 7 heteroatoms. The Labute approximate surface area is 141 Å². The largest absolute Gasteiger partial charge is 0.493 e. The van der Waals surface area contributed by atoms with E-state index in [9.17, 15) is 8.42 Å². The fourth-order valence-electron chi connectivity index (χ4n) is 3.02. The van der Waals surface area contributed by atoms with Crippen LogP contribution in [0.3, 0.4) is 0 Å². The summed E-state index contributed by atoms with van der Waals surface area (Å²) in [4.78, 5) is 4.21. The van der Waals surface area contributed by atoms with E-state index in [4.69, 9.17) is 9.47 Å². The third-order valence-corrected chi connectivity index (χ3v) is 5.56. The average Bonchev–Trinajstić information content (AvgIpc) is 2.61. The van der Waals surface area contributed by atoms with Crippen LogP contribution in [0.15, 0.2) is 35.5 Å². The van der Waals surface area contributed by atoms with Gasteiger partial charge >= 0.3 is 0 Å². The second-order valence-electron chi connectivity index (χ2n) is 5.63. The first-order valence-corrected chi connectivity index (χ1v) is 9.24. The summed E-state index contributed by atoms with van der Waals surface area (Å²) in [5, 5.41) is 0. The number of para-hydroxylation sites is 1. The van der Waals surface area contributed by atoms with Gasteiger partial charge in [-0.15, -0.1) is 0 Å². The van der Waals surface area contributed by atoms with Crippen molar-refractivity contribution in [3.8, 4) is 11.5 Å². The molecule has 0 atom stereocenters. The van der Waals surface area contributed by atoms with E-state index >= 15 is 0 Å². The highest BCUT2D eigenvalue weighted by molar-refractivity contribution is 7.92. The molecule has 0 unspecified atom stereocenters. The van der Waals surface area contributed by atoms with E-state index in [1.54, 1.807) is 18.3 Å². The van der Waals surface area contributed by atoms with Gasteiger partial charge in [-0.2, -0.15) is 0 Å². The molecule has 24 heavy (non-hydrogen) atoms. The van der Waals surface area contributed by atoms with Crippen molar-refractivity contribution >= 4 is 15.7 Å². The number of methoxy groups -OCH3 is 2. The van der Waals surface area contributed by atoms with Crippen LogP contribution in [0, 0.1) is 0 Å². The summed E-state index contributed by atoms with van der Waals surface area (Å²) in [7, 11) is -0.926. The number of anilines is 1. The van der Waals surface area contributed by atoms with Crippen LogP contribution in [0.25, 0.3) is 0 Å². The zero-order valence-electron chi connectivity index (χ0n) is 13.7. The summed E-state index contributed by atoms with van der Waals surface area (Å²) < 4.78 is 38.8. The molecule has 0 amide bonds. The first-order valence-electron chi connectivity index (χ1n) is 7.76. The van der Waals surface area contributed by atoms with E-state index in [0.29, 0.717) is 11.4 Å². The average molecular weight is 348 g/mol. The molecule has 1 N–H and O–H groups in total. The minimum absolute atomic E-state index is 0.0396. The summed E-state index contributed by atoms with van der Waals surface area (Å²) in [5.41, 5.74) is 2.68. The minimum atomic E-state index is -3.82. The Bertz CT molecular complexity index is 850. The van der Waals surface area contributed by atoms with Crippen LogP contribution in [-0.2, 0) is 22.9 Å². The zero-order valence-corrected chi connectivity index (χ0v) is 14.5. The highest BCUT2D eigenvalue weighted by Crippen LogP contribution is 2.35. The van der Waals surface area contributed by atoms with Crippen LogP contribution in [0.2, 0.25) is 0 Å². The lowest BCUT2D eigenvalue weighted by Gasteiger charge is -2.20. The SMILES string of the molecule is COc1cccc(S(=O)(=O)Nc2cncc3c2CCCC3)c1OC. The second-order valence-corrected chi connectivity index (χ2v) is 7.28.